The summed E-state index contributed by atoms with van der Waals surface area (Å²) < 4.78 is 4.98. The number of esters is 1. The van der Waals surface area contributed by atoms with E-state index in [0.717, 1.165) is 11.3 Å². The van der Waals surface area contributed by atoms with Gasteiger partial charge in [0, 0.05) is 42.1 Å². The first-order valence-electron chi connectivity index (χ1n) is 8.94. The molecule has 1 aliphatic rings. The summed E-state index contributed by atoms with van der Waals surface area (Å²) in [5.74, 6) is -0.971. The van der Waals surface area contributed by atoms with Gasteiger partial charge in [0.15, 0.2) is 0 Å². The summed E-state index contributed by atoms with van der Waals surface area (Å²) in [6.07, 6.45) is 1.99. The zero-order chi connectivity index (χ0) is 20.8. The van der Waals surface area contributed by atoms with Crippen LogP contribution in [-0.4, -0.2) is 30.3 Å². The van der Waals surface area contributed by atoms with Crippen LogP contribution < -0.4 is 5.32 Å². The molecule has 150 valence electrons. The minimum Gasteiger partial charge on any atom is -0.466 e. The maximum absolute atomic E-state index is 12.5. The fraction of sp³-hybridized carbons (Fsp3) is 0.400. The van der Waals surface area contributed by atoms with E-state index in [0.29, 0.717) is 23.3 Å². The number of carbonyl (C=O) groups excluding carboxylic acids is 1. The Morgan fingerprint density at radius 2 is 2.07 bits per heavy atom. The summed E-state index contributed by atoms with van der Waals surface area (Å²) in [5, 5.41) is 18.4. The number of nitrogens with zero attached hydrogens (tertiary/aromatic N) is 2. The average molecular weight is 387 g/mol. The third-order valence-corrected chi connectivity index (χ3v) is 4.37. The fourth-order valence-electron chi connectivity index (χ4n) is 3.17. The SMILES string of the molecule is COC(=O)C1=C(C)NC(C)=C(CC=NOC(C)C)C1c1cccc([N+](=O)[O-])c1. The number of nitro groups is 1. The lowest BCUT2D eigenvalue weighted by atomic mass is 9.79. The molecule has 0 amide bonds. The second kappa shape index (κ2) is 9.16. The van der Waals surface area contributed by atoms with Gasteiger partial charge in [-0.05, 0) is 38.8 Å². The van der Waals surface area contributed by atoms with Crippen LogP contribution in [0.4, 0.5) is 5.69 Å². The Morgan fingerprint density at radius 1 is 1.36 bits per heavy atom. The molecule has 1 heterocycles. The fourth-order valence-corrected chi connectivity index (χ4v) is 3.17. The summed E-state index contributed by atoms with van der Waals surface area (Å²) in [4.78, 5) is 28.5. The second-order valence-corrected chi connectivity index (χ2v) is 6.74. The van der Waals surface area contributed by atoms with E-state index in [4.69, 9.17) is 9.57 Å². The summed E-state index contributed by atoms with van der Waals surface area (Å²) in [7, 11) is 1.32. The molecule has 28 heavy (non-hydrogen) atoms. The minimum atomic E-state index is -0.487. The first-order chi connectivity index (χ1) is 13.3. The van der Waals surface area contributed by atoms with Crippen molar-refractivity contribution in [3.63, 3.8) is 0 Å². The molecular formula is C20H25N3O5. The van der Waals surface area contributed by atoms with Crippen molar-refractivity contribution < 1.29 is 19.3 Å². The largest absolute Gasteiger partial charge is 0.466 e. The average Bonchev–Trinajstić information content (AvgIpc) is 2.65. The lowest BCUT2D eigenvalue weighted by Crippen LogP contribution is -2.29. The number of carbonyl (C=O) groups is 1. The van der Waals surface area contributed by atoms with Crippen molar-refractivity contribution in [3.05, 3.63) is 62.5 Å². The Labute approximate surface area is 164 Å². The maximum Gasteiger partial charge on any atom is 0.336 e. The van der Waals surface area contributed by atoms with Gasteiger partial charge in [0.1, 0.15) is 6.10 Å². The van der Waals surface area contributed by atoms with Gasteiger partial charge in [-0.15, -0.1) is 0 Å². The van der Waals surface area contributed by atoms with E-state index in [1.54, 1.807) is 25.3 Å². The molecule has 0 aromatic heterocycles. The Kier molecular flexibility index (Phi) is 6.92. The molecule has 1 N–H and O–H groups in total. The molecule has 1 aromatic carbocycles. The Balaban J connectivity index is 2.53. The molecule has 0 aliphatic carbocycles. The highest BCUT2D eigenvalue weighted by Crippen LogP contribution is 2.40. The van der Waals surface area contributed by atoms with Crippen LogP contribution in [0.5, 0.6) is 0 Å². The zero-order valence-corrected chi connectivity index (χ0v) is 16.7. The van der Waals surface area contributed by atoms with Crippen LogP contribution in [0, 0.1) is 10.1 Å². The van der Waals surface area contributed by atoms with Gasteiger partial charge in [-0.2, -0.15) is 0 Å². The zero-order valence-electron chi connectivity index (χ0n) is 16.7. The number of dihydropyridines is 1. The number of hydrogen-bond donors (Lipinski definition) is 1. The number of benzene rings is 1. The van der Waals surface area contributed by atoms with Gasteiger partial charge in [0.25, 0.3) is 5.69 Å². The van der Waals surface area contributed by atoms with Crippen molar-refractivity contribution in [1.29, 1.82) is 0 Å². The van der Waals surface area contributed by atoms with E-state index in [1.807, 2.05) is 20.8 Å². The number of oxime groups is 1. The van der Waals surface area contributed by atoms with Crippen molar-refractivity contribution >= 4 is 17.9 Å². The normalized spacial score (nSPS) is 17.1. The molecule has 0 radical (unpaired) electrons. The van der Waals surface area contributed by atoms with E-state index in [1.165, 1.54) is 19.2 Å². The predicted molar refractivity (Wildman–Crippen MR) is 106 cm³/mol. The summed E-state index contributed by atoms with van der Waals surface area (Å²) in [5.41, 5.74) is 3.40. The Bertz CT molecular complexity index is 855. The van der Waals surface area contributed by atoms with Crippen molar-refractivity contribution in [1.82, 2.24) is 5.32 Å². The lowest BCUT2D eigenvalue weighted by molar-refractivity contribution is -0.384. The van der Waals surface area contributed by atoms with Crippen molar-refractivity contribution in [3.8, 4) is 0 Å². The molecule has 0 fully saturated rings. The van der Waals surface area contributed by atoms with Crippen molar-refractivity contribution in [2.75, 3.05) is 7.11 Å². The van der Waals surface area contributed by atoms with Gasteiger partial charge in [-0.3, -0.25) is 10.1 Å². The molecular weight excluding hydrogens is 362 g/mol. The summed E-state index contributed by atoms with van der Waals surface area (Å²) in [6, 6.07) is 6.30. The third kappa shape index (κ3) is 4.76. The number of ether oxygens (including phenoxy) is 1. The van der Waals surface area contributed by atoms with Crippen molar-refractivity contribution in [2.45, 2.75) is 46.1 Å². The van der Waals surface area contributed by atoms with E-state index in [2.05, 4.69) is 10.5 Å². The summed E-state index contributed by atoms with van der Waals surface area (Å²) >= 11 is 0. The van der Waals surface area contributed by atoms with E-state index in [-0.39, 0.29) is 11.8 Å². The van der Waals surface area contributed by atoms with Crippen LogP contribution in [0.15, 0.2) is 52.0 Å². The van der Waals surface area contributed by atoms with Crippen LogP contribution in [0.25, 0.3) is 0 Å². The number of nitro benzene ring substituents is 1. The quantitative estimate of drug-likeness (QED) is 0.330. The van der Waals surface area contributed by atoms with Gasteiger partial charge in [0.05, 0.1) is 17.6 Å². The number of methoxy groups -OCH3 is 1. The second-order valence-electron chi connectivity index (χ2n) is 6.74. The molecule has 1 unspecified atom stereocenters. The number of hydrogen-bond acceptors (Lipinski definition) is 7. The van der Waals surface area contributed by atoms with Gasteiger partial charge < -0.3 is 14.9 Å². The third-order valence-electron chi connectivity index (χ3n) is 4.37. The van der Waals surface area contributed by atoms with Gasteiger partial charge in [-0.25, -0.2) is 4.79 Å². The number of allylic oxidation sites excluding steroid dienone is 3. The van der Waals surface area contributed by atoms with Crippen LogP contribution in [0.1, 0.15) is 45.6 Å². The number of rotatable bonds is 7. The van der Waals surface area contributed by atoms with E-state index < -0.39 is 16.8 Å². The highest BCUT2D eigenvalue weighted by Gasteiger charge is 2.33. The molecule has 1 atom stereocenters. The molecule has 0 saturated carbocycles. The Morgan fingerprint density at radius 3 is 2.68 bits per heavy atom. The highest BCUT2D eigenvalue weighted by atomic mass is 16.6. The van der Waals surface area contributed by atoms with Gasteiger partial charge in [-0.1, -0.05) is 17.3 Å². The van der Waals surface area contributed by atoms with Crippen LogP contribution in [0.3, 0.4) is 0 Å². The first kappa shape index (κ1) is 21.1. The molecule has 0 spiro atoms. The van der Waals surface area contributed by atoms with Crippen LogP contribution >= 0.6 is 0 Å². The van der Waals surface area contributed by atoms with Crippen LogP contribution in [-0.2, 0) is 14.4 Å². The Hall–Kier alpha value is -3.16. The predicted octanol–water partition coefficient (Wildman–Crippen LogP) is 3.80. The lowest BCUT2D eigenvalue weighted by Gasteiger charge is -2.31. The standard InChI is InChI=1S/C20H25N3O5/c1-12(2)28-21-10-9-17-13(3)22-14(4)18(20(24)27-5)19(17)15-7-6-8-16(11-15)23(25)26/h6-8,10-12,19,22H,9H2,1-5H3. The molecule has 8 nitrogen and oxygen atoms in total. The van der Waals surface area contributed by atoms with Crippen LogP contribution in [0.2, 0.25) is 0 Å². The molecule has 0 saturated heterocycles. The van der Waals surface area contributed by atoms with Gasteiger partial charge >= 0.3 is 5.97 Å². The van der Waals surface area contributed by atoms with E-state index in [9.17, 15) is 14.9 Å². The molecule has 2 rings (SSSR count). The van der Waals surface area contributed by atoms with Crippen molar-refractivity contribution in [2.24, 2.45) is 5.16 Å². The molecule has 1 aromatic rings. The monoisotopic (exact) mass is 387 g/mol. The highest BCUT2D eigenvalue weighted by molar-refractivity contribution is 5.93. The number of nitrogens with one attached hydrogen (secondary N) is 1. The maximum atomic E-state index is 12.5. The summed E-state index contributed by atoms with van der Waals surface area (Å²) in [6.45, 7) is 7.43. The topological polar surface area (TPSA) is 103 Å². The van der Waals surface area contributed by atoms with E-state index >= 15 is 0 Å². The van der Waals surface area contributed by atoms with Gasteiger partial charge in [0.2, 0.25) is 0 Å². The molecule has 8 heteroatoms. The first-order valence-corrected chi connectivity index (χ1v) is 8.94. The minimum absolute atomic E-state index is 0.0355. The molecule has 0 bridgehead atoms. The number of non-ortho nitro benzene ring substituents is 1. The smallest absolute Gasteiger partial charge is 0.336 e. The molecule has 1 aliphatic heterocycles.